The predicted octanol–water partition coefficient (Wildman–Crippen LogP) is 2.82. The molecule has 1 aromatic carbocycles. The summed E-state index contributed by atoms with van der Waals surface area (Å²) >= 11 is 0. The van der Waals surface area contributed by atoms with E-state index in [1.807, 2.05) is 18.5 Å². The number of nitrogens with zero attached hydrogens (tertiary/aromatic N) is 2. The third-order valence-corrected chi connectivity index (χ3v) is 3.47. The summed E-state index contributed by atoms with van der Waals surface area (Å²) in [6, 6.07) is 6.38. The maximum atomic E-state index is 5.58. The second-order valence-electron chi connectivity index (χ2n) is 4.86. The van der Waals surface area contributed by atoms with E-state index in [1.54, 1.807) is 7.11 Å². The number of hydrogen-bond donors (Lipinski definition) is 1. The Labute approximate surface area is 132 Å². The van der Waals surface area contributed by atoms with Gasteiger partial charge in [0.1, 0.15) is 11.6 Å². The van der Waals surface area contributed by atoms with E-state index in [4.69, 9.17) is 10.5 Å². The van der Waals surface area contributed by atoms with E-state index in [0.29, 0.717) is 0 Å². The number of ether oxygens (including phenoxy) is 1. The van der Waals surface area contributed by atoms with E-state index in [0.717, 1.165) is 43.9 Å². The minimum atomic E-state index is 0. The van der Waals surface area contributed by atoms with E-state index in [2.05, 4.69) is 28.6 Å². The number of aryl methyl sites for hydroxylation is 2. The van der Waals surface area contributed by atoms with Gasteiger partial charge in [-0.3, -0.25) is 0 Å². The molecule has 1 heterocycles. The van der Waals surface area contributed by atoms with Gasteiger partial charge < -0.3 is 15.0 Å². The fourth-order valence-corrected chi connectivity index (χ4v) is 2.40. The van der Waals surface area contributed by atoms with Crippen molar-refractivity contribution < 1.29 is 4.74 Å². The molecule has 0 atom stereocenters. The van der Waals surface area contributed by atoms with Crippen LogP contribution in [0, 0.1) is 0 Å². The molecule has 0 aliphatic heterocycles. The normalized spacial score (nSPS) is 10.2. The monoisotopic (exact) mass is 309 g/mol. The minimum absolute atomic E-state index is 0. The van der Waals surface area contributed by atoms with Crippen LogP contribution in [0.4, 0.5) is 0 Å². The third-order valence-electron chi connectivity index (χ3n) is 3.47. The number of halogens is 1. The largest absolute Gasteiger partial charge is 0.496 e. The highest BCUT2D eigenvalue weighted by Gasteiger charge is 2.08. The van der Waals surface area contributed by atoms with Crippen LogP contribution in [-0.2, 0) is 19.4 Å². The number of nitrogens with two attached hydrogens (primary N) is 1. The van der Waals surface area contributed by atoms with Crippen LogP contribution >= 0.6 is 12.4 Å². The number of rotatable bonds is 7. The van der Waals surface area contributed by atoms with Crippen molar-refractivity contribution in [1.82, 2.24) is 9.55 Å². The molecular weight excluding hydrogens is 286 g/mol. The van der Waals surface area contributed by atoms with Crippen molar-refractivity contribution in [3.63, 3.8) is 0 Å². The maximum absolute atomic E-state index is 5.58. The zero-order valence-corrected chi connectivity index (χ0v) is 13.5. The Morgan fingerprint density at radius 3 is 2.81 bits per heavy atom. The maximum Gasteiger partial charge on any atom is 0.123 e. The molecule has 2 N–H and O–H groups in total. The number of hydrogen-bond acceptors (Lipinski definition) is 3. The molecule has 0 spiro atoms. The van der Waals surface area contributed by atoms with Gasteiger partial charge >= 0.3 is 0 Å². The highest BCUT2D eigenvalue weighted by molar-refractivity contribution is 5.85. The van der Waals surface area contributed by atoms with Crippen LogP contribution < -0.4 is 10.5 Å². The van der Waals surface area contributed by atoms with Crippen LogP contribution in [0.25, 0.3) is 0 Å². The Morgan fingerprint density at radius 1 is 1.33 bits per heavy atom. The van der Waals surface area contributed by atoms with Gasteiger partial charge in [0, 0.05) is 24.4 Å². The summed E-state index contributed by atoms with van der Waals surface area (Å²) in [5.41, 5.74) is 8.08. The molecular formula is C16H24ClN3O. The summed E-state index contributed by atoms with van der Waals surface area (Å²) in [5.74, 6) is 2.02. The highest BCUT2D eigenvalue weighted by atomic mass is 35.5. The predicted molar refractivity (Wildman–Crippen MR) is 88.3 cm³/mol. The van der Waals surface area contributed by atoms with Crippen LogP contribution in [0.3, 0.4) is 0 Å². The lowest BCUT2D eigenvalue weighted by atomic mass is 10.1. The molecule has 0 amide bonds. The molecule has 21 heavy (non-hydrogen) atoms. The van der Waals surface area contributed by atoms with Gasteiger partial charge in [0.2, 0.25) is 0 Å². The Morgan fingerprint density at radius 2 is 2.14 bits per heavy atom. The molecule has 0 saturated heterocycles. The molecule has 0 radical (unpaired) electrons. The minimum Gasteiger partial charge on any atom is -0.496 e. The van der Waals surface area contributed by atoms with Gasteiger partial charge in [0.25, 0.3) is 0 Å². The Bertz CT molecular complexity index is 554. The lowest BCUT2D eigenvalue weighted by Crippen LogP contribution is -2.06. The molecule has 0 aliphatic carbocycles. The lowest BCUT2D eigenvalue weighted by molar-refractivity contribution is 0.408. The second-order valence-corrected chi connectivity index (χ2v) is 4.86. The zero-order valence-electron chi connectivity index (χ0n) is 12.7. The van der Waals surface area contributed by atoms with Gasteiger partial charge in [-0.1, -0.05) is 19.1 Å². The first-order chi connectivity index (χ1) is 9.78. The quantitative estimate of drug-likeness (QED) is 0.855. The van der Waals surface area contributed by atoms with Gasteiger partial charge in [-0.2, -0.15) is 0 Å². The van der Waals surface area contributed by atoms with Gasteiger partial charge in [-0.05, 0) is 31.0 Å². The zero-order chi connectivity index (χ0) is 14.4. The molecule has 0 unspecified atom stereocenters. The van der Waals surface area contributed by atoms with Crippen molar-refractivity contribution in [3.05, 3.63) is 47.5 Å². The van der Waals surface area contributed by atoms with E-state index < -0.39 is 0 Å². The Kier molecular flexibility index (Phi) is 7.26. The molecule has 4 nitrogen and oxygen atoms in total. The summed E-state index contributed by atoms with van der Waals surface area (Å²) in [4.78, 5) is 4.36. The first-order valence-corrected chi connectivity index (χ1v) is 7.14. The standard InChI is InChI=1S/C16H23N3O.ClH/c1-3-16-18-9-10-19(16)12-14-11-13(5-4-8-17)6-7-15(14)20-2;/h6-7,9-11H,3-5,8,12,17H2,1-2H3;1H. The third kappa shape index (κ3) is 4.48. The van der Waals surface area contributed by atoms with Gasteiger partial charge in [-0.15, -0.1) is 12.4 Å². The molecule has 116 valence electrons. The molecule has 0 bridgehead atoms. The summed E-state index contributed by atoms with van der Waals surface area (Å²) in [7, 11) is 1.72. The molecule has 2 rings (SSSR count). The second kappa shape index (κ2) is 8.70. The SMILES string of the molecule is CCc1nccn1Cc1cc(CCCN)ccc1OC.Cl. The van der Waals surface area contributed by atoms with Crippen LogP contribution in [0.5, 0.6) is 5.75 Å². The number of imidazole rings is 1. The van der Waals surface area contributed by atoms with Crippen molar-refractivity contribution in [3.8, 4) is 5.75 Å². The fourth-order valence-electron chi connectivity index (χ4n) is 2.40. The number of benzene rings is 1. The van der Waals surface area contributed by atoms with Crippen molar-refractivity contribution in [2.24, 2.45) is 5.73 Å². The van der Waals surface area contributed by atoms with Crippen LogP contribution in [-0.4, -0.2) is 23.2 Å². The first-order valence-electron chi connectivity index (χ1n) is 7.14. The molecule has 0 fully saturated rings. The van der Waals surface area contributed by atoms with E-state index in [9.17, 15) is 0 Å². The Balaban J connectivity index is 0.00000220. The molecule has 0 saturated carbocycles. The van der Waals surface area contributed by atoms with Crippen molar-refractivity contribution in [2.75, 3.05) is 13.7 Å². The van der Waals surface area contributed by atoms with Gasteiger partial charge in [0.05, 0.1) is 13.7 Å². The van der Waals surface area contributed by atoms with Crippen molar-refractivity contribution >= 4 is 12.4 Å². The fraction of sp³-hybridized carbons (Fsp3) is 0.438. The average molecular weight is 310 g/mol. The number of aromatic nitrogens is 2. The average Bonchev–Trinajstić information content (AvgIpc) is 2.92. The van der Waals surface area contributed by atoms with Gasteiger partial charge in [0.15, 0.2) is 0 Å². The van der Waals surface area contributed by atoms with E-state index in [1.165, 1.54) is 11.1 Å². The summed E-state index contributed by atoms with van der Waals surface area (Å²) in [5, 5.41) is 0. The molecule has 0 aliphatic rings. The summed E-state index contributed by atoms with van der Waals surface area (Å²) in [6.45, 7) is 3.64. The van der Waals surface area contributed by atoms with E-state index >= 15 is 0 Å². The lowest BCUT2D eigenvalue weighted by Gasteiger charge is -2.13. The first kappa shape index (κ1) is 17.5. The van der Waals surface area contributed by atoms with Crippen molar-refractivity contribution in [1.29, 1.82) is 0 Å². The van der Waals surface area contributed by atoms with Crippen LogP contribution in [0.15, 0.2) is 30.6 Å². The van der Waals surface area contributed by atoms with Crippen molar-refractivity contribution in [2.45, 2.75) is 32.7 Å². The summed E-state index contributed by atoms with van der Waals surface area (Å²) < 4.78 is 7.64. The summed E-state index contributed by atoms with van der Waals surface area (Å²) in [6.07, 6.45) is 6.83. The Hall–Kier alpha value is -1.52. The molecule has 1 aromatic heterocycles. The molecule has 2 aromatic rings. The van der Waals surface area contributed by atoms with Crippen LogP contribution in [0.1, 0.15) is 30.3 Å². The van der Waals surface area contributed by atoms with Gasteiger partial charge in [-0.25, -0.2) is 4.98 Å². The number of methoxy groups -OCH3 is 1. The smallest absolute Gasteiger partial charge is 0.123 e. The van der Waals surface area contributed by atoms with Crippen LogP contribution in [0.2, 0.25) is 0 Å². The topological polar surface area (TPSA) is 53.1 Å². The molecule has 5 heteroatoms. The van der Waals surface area contributed by atoms with E-state index in [-0.39, 0.29) is 12.4 Å². The highest BCUT2D eigenvalue weighted by Crippen LogP contribution is 2.22.